The summed E-state index contributed by atoms with van der Waals surface area (Å²) in [6.45, 7) is 4.25. The van der Waals surface area contributed by atoms with Crippen LogP contribution in [0, 0.1) is 0 Å². The van der Waals surface area contributed by atoms with Crippen molar-refractivity contribution >= 4 is 6.09 Å². The minimum Gasteiger partial charge on any atom is -0.444 e. The molecule has 0 bridgehead atoms. The van der Waals surface area contributed by atoms with Gasteiger partial charge in [-0.2, -0.15) is 0 Å². The molecule has 0 fully saturated rings. The predicted molar refractivity (Wildman–Crippen MR) is 68.3 cm³/mol. The van der Waals surface area contributed by atoms with E-state index in [4.69, 9.17) is 4.74 Å². The molecule has 18 heavy (non-hydrogen) atoms. The van der Waals surface area contributed by atoms with Crippen LogP contribution in [0.4, 0.5) is 4.79 Å². The number of carbonyl (C=O) groups is 1. The van der Waals surface area contributed by atoms with Gasteiger partial charge in [0, 0.05) is 18.3 Å². The SMILES string of the molecule is CC(C)c1nccn1C(=O)OCc1ccccc1. The van der Waals surface area contributed by atoms with Gasteiger partial charge in [0.05, 0.1) is 0 Å². The van der Waals surface area contributed by atoms with Gasteiger partial charge in [-0.05, 0) is 5.56 Å². The summed E-state index contributed by atoms with van der Waals surface area (Å²) in [4.78, 5) is 16.1. The Hall–Kier alpha value is -2.10. The summed E-state index contributed by atoms with van der Waals surface area (Å²) >= 11 is 0. The maximum atomic E-state index is 11.9. The zero-order valence-electron chi connectivity index (χ0n) is 10.5. The van der Waals surface area contributed by atoms with Gasteiger partial charge in [0.15, 0.2) is 0 Å². The van der Waals surface area contributed by atoms with Crippen LogP contribution in [-0.4, -0.2) is 15.6 Å². The largest absolute Gasteiger partial charge is 0.444 e. The van der Waals surface area contributed by atoms with Crippen LogP contribution in [0.15, 0.2) is 42.7 Å². The predicted octanol–water partition coefficient (Wildman–Crippen LogP) is 3.19. The van der Waals surface area contributed by atoms with Crippen LogP contribution < -0.4 is 0 Å². The average molecular weight is 244 g/mol. The Morgan fingerprint density at radius 1 is 1.33 bits per heavy atom. The molecule has 1 heterocycles. The molecule has 0 amide bonds. The molecule has 4 heteroatoms. The second-order valence-electron chi connectivity index (χ2n) is 4.35. The van der Waals surface area contributed by atoms with Gasteiger partial charge in [-0.15, -0.1) is 0 Å². The number of hydrogen-bond donors (Lipinski definition) is 0. The molecule has 1 aromatic heterocycles. The van der Waals surface area contributed by atoms with E-state index in [1.807, 2.05) is 44.2 Å². The van der Waals surface area contributed by atoms with Crippen LogP contribution in [0.3, 0.4) is 0 Å². The minimum absolute atomic E-state index is 0.185. The summed E-state index contributed by atoms with van der Waals surface area (Å²) in [6, 6.07) is 9.60. The Kier molecular flexibility index (Phi) is 3.77. The Bertz CT molecular complexity index is 518. The van der Waals surface area contributed by atoms with Crippen molar-refractivity contribution in [2.75, 3.05) is 0 Å². The molecule has 0 aliphatic carbocycles. The fourth-order valence-electron chi connectivity index (χ4n) is 1.69. The fourth-order valence-corrected chi connectivity index (χ4v) is 1.69. The number of nitrogens with zero attached hydrogens (tertiary/aromatic N) is 2. The molecule has 1 aromatic carbocycles. The lowest BCUT2D eigenvalue weighted by molar-refractivity contribution is 0.140. The Labute approximate surface area is 106 Å². The first-order chi connectivity index (χ1) is 8.68. The Morgan fingerprint density at radius 3 is 2.72 bits per heavy atom. The smallest absolute Gasteiger partial charge is 0.419 e. The molecule has 2 aromatic rings. The number of aromatic nitrogens is 2. The first-order valence-electron chi connectivity index (χ1n) is 5.93. The van der Waals surface area contributed by atoms with Crippen molar-refractivity contribution in [1.29, 1.82) is 0 Å². The molecule has 0 aliphatic heterocycles. The quantitative estimate of drug-likeness (QED) is 0.832. The lowest BCUT2D eigenvalue weighted by Crippen LogP contribution is -2.16. The number of benzene rings is 1. The van der Waals surface area contributed by atoms with E-state index in [1.54, 1.807) is 12.4 Å². The molecule has 0 saturated carbocycles. The molecule has 4 nitrogen and oxygen atoms in total. The maximum absolute atomic E-state index is 11.9. The zero-order valence-corrected chi connectivity index (χ0v) is 10.5. The van der Waals surface area contributed by atoms with E-state index in [1.165, 1.54) is 4.57 Å². The van der Waals surface area contributed by atoms with Gasteiger partial charge in [-0.1, -0.05) is 44.2 Å². The van der Waals surface area contributed by atoms with E-state index in [2.05, 4.69) is 4.98 Å². The van der Waals surface area contributed by atoms with Crippen molar-refractivity contribution in [3.63, 3.8) is 0 Å². The molecule has 0 N–H and O–H groups in total. The van der Waals surface area contributed by atoms with Gasteiger partial charge in [-0.25, -0.2) is 14.3 Å². The lowest BCUT2D eigenvalue weighted by Gasteiger charge is -2.09. The summed E-state index contributed by atoms with van der Waals surface area (Å²) in [7, 11) is 0. The maximum Gasteiger partial charge on any atom is 0.419 e. The molecule has 0 radical (unpaired) electrons. The van der Waals surface area contributed by atoms with Crippen LogP contribution >= 0.6 is 0 Å². The highest BCUT2D eigenvalue weighted by molar-refractivity contribution is 5.71. The third kappa shape index (κ3) is 2.77. The van der Waals surface area contributed by atoms with Crippen molar-refractivity contribution in [3.05, 3.63) is 54.1 Å². The Morgan fingerprint density at radius 2 is 2.06 bits per heavy atom. The number of carbonyl (C=O) groups excluding carboxylic acids is 1. The van der Waals surface area contributed by atoms with Crippen molar-refractivity contribution in [3.8, 4) is 0 Å². The van der Waals surface area contributed by atoms with Crippen LogP contribution in [0.2, 0.25) is 0 Å². The monoisotopic (exact) mass is 244 g/mol. The van der Waals surface area contributed by atoms with E-state index in [-0.39, 0.29) is 18.6 Å². The fraction of sp³-hybridized carbons (Fsp3) is 0.286. The first kappa shape index (κ1) is 12.4. The topological polar surface area (TPSA) is 44.1 Å². The van der Waals surface area contributed by atoms with Crippen molar-refractivity contribution in [2.24, 2.45) is 0 Å². The minimum atomic E-state index is -0.389. The molecule has 0 saturated heterocycles. The Balaban J connectivity index is 2.02. The van der Waals surface area contributed by atoms with Crippen LogP contribution in [0.1, 0.15) is 31.2 Å². The summed E-state index contributed by atoms with van der Waals surface area (Å²) < 4.78 is 6.70. The standard InChI is InChI=1S/C14H16N2O2/c1-11(2)13-15-8-9-16(13)14(17)18-10-12-6-4-3-5-7-12/h3-9,11H,10H2,1-2H3. The van der Waals surface area contributed by atoms with Gasteiger partial charge in [0.1, 0.15) is 12.4 Å². The normalized spacial score (nSPS) is 10.6. The number of hydrogen-bond acceptors (Lipinski definition) is 3. The highest BCUT2D eigenvalue weighted by Gasteiger charge is 2.14. The third-order valence-electron chi connectivity index (χ3n) is 2.59. The van der Waals surface area contributed by atoms with Gasteiger partial charge in [0.25, 0.3) is 0 Å². The van der Waals surface area contributed by atoms with E-state index in [9.17, 15) is 4.79 Å². The van der Waals surface area contributed by atoms with E-state index >= 15 is 0 Å². The van der Waals surface area contributed by atoms with E-state index < -0.39 is 0 Å². The zero-order chi connectivity index (χ0) is 13.0. The summed E-state index contributed by atoms with van der Waals surface area (Å²) in [5.74, 6) is 0.900. The molecule has 2 rings (SSSR count). The number of rotatable bonds is 3. The van der Waals surface area contributed by atoms with E-state index in [0.717, 1.165) is 5.56 Å². The van der Waals surface area contributed by atoms with Crippen molar-refractivity contribution < 1.29 is 9.53 Å². The van der Waals surface area contributed by atoms with Gasteiger partial charge in [-0.3, -0.25) is 0 Å². The average Bonchev–Trinajstić information content (AvgIpc) is 2.86. The van der Waals surface area contributed by atoms with Gasteiger partial charge >= 0.3 is 6.09 Å². The van der Waals surface area contributed by atoms with Crippen LogP contribution in [0.25, 0.3) is 0 Å². The number of ether oxygens (including phenoxy) is 1. The molecule has 94 valence electrons. The molecule has 0 atom stereocenters. The van der Waals surface area contributed by atoms with Crippen LogP contribution in [0.5, 0.6) is 0 Å². The molecule has 0 unspecified atom stereocenters. The molecular weight excluding hydrogens is 228 g/mol. The summed E-state index contributed by atoms with van der Waals surface area (Å²) in [5, 5.41) is 0. The van der Waals surface area contributed by atoms with Crippen molar-refractivity contribution in [2.45, 2.75) is 26.4 Å². The lowest BCUT2D eigenvalue weighted by atomic mass is 10.2. The summed E-state index contributed by atoms with van der Waals surface area (Å²) in [5.41, 5.74) is 0.970. The third-order valence-corrected chi connectivity index (χ3v) is 2.59. The summed E-state index contributed by atoms with van der Waals surface area (Å²) in [6.07, 6.45) is 2.85. The second-order valence-corrected chi connectivity index (χ2v) is 4.35. The highest BCUT2D eigenvalue weighted by Crippen LogP contribution is 2.12. The molecular formula is C14H16N2O2. The first-order valence-corrected chi connectivity index (χ1v) is 5.93. The van der Waals surface area contributed by atoms with Gasteiger partial charge in [0.2, 0.25) is 0 Å². The highest BCUT2D eigenvalue weighted by atomic mass is 16.5. The molecule has 0 spiro atoms. The van der Waals surface area contributed by atoms with Crippen LogP contribution in [-0.2, 0) is 11.3 Å². The second kappa shape index (κ2) is 5.49. The van der Waals surface area contributed by atoms with Crippen molar-refractivity contribution in [1.82, 2.24) is 9.55 Å². The van der Waals surface area contributed by atoms with E-state index in [0.29, 0.717) is 5.82 Å². The van der Waals surface area contributed by atoms with Gasteiger partial charge < -0.3 is 4.74 Å². The molecule has 0 aliphatic rings. The number of imidazole rings is 1.